The van der Waals surface area contributed by atoms with Crippen LogP contribution in [0.5, 0.6) is 5.75 Å². The van der Waals surface area contributed by atoms with Crippen molar-refractivity contribution < 1.29 is 13.5 Å². The molecule has 1 unspecified atom stereocenters. The van der Waals surface area contributed by atoms with Crippen LogP contribution in [-0.2, 0) is 0 Å². The maximum absolute atomic E-state index is 14.4. The second kappa shape index (κ2) is 9.41. The average Bonchev–Trinajstić information content (AvgIpc) is 2.60. The minimum absolute atomic E-state index is 0.0339. The molecular formula is C21H26F2O. The summed E-state index contributed by atoms with van der Waals surface area (Å²) in [5, 5.41) is 0. The molecule has 0 heterocycles. The van der Waals surface area contributed by atoms with Crippen molar-refractivity contribution in [2.75, 3.05) is 6.61 Å². The Labute approximate surface area is 143 Å². The molecule has 0 bridgehead atoms. The summed E-state index contributed by atoms with van der Waals surface area (Å²) in [6.45, 7) is 4.21. The Morgan fingerprint density at radius 2 is 2.00 bits per heavy atom. The standard InChI is InChI=1S/C21H26F2O/c1-3-5-7-8-16-9-11-17(12-10-16)18-13-14-19(21(23)20(18)22)24-15-6-4-2/h4-7,11,13-14,16H,3,8-10,12,15H2,1-2H3. The topological polar surface area (TPSA) is 9.23 Å². The minimum atomic E-state index is -0.897. The van der Waals surface area contributed by atoms with E-state index in [4.69, 9.17) is 4.74 Å². The third-order valence-corrected chi connectivity index (χ3v) is 4.35. The summed E-state index contributed by atoms with van der Waals surface area (Å²) in [7, 11) is 0. The second-order valence-corrected chi connectivity index (χ2v) is 6.10. The van der Waals surface area contributed by atoms with E-state index in [9.17, 15) is 8.78 Å². The van der Waals surface area contributed by atoms with Crippen molar-refractivity contribution in [2.45, 2.75) is 46.0 Å². The lowest BCUT2D eigenvalue weighted by molar-refractivity contribution is 0.332. The first-order valence-electron chi connectivity index (χ1n) is 8.73. The van der Waals surface area contributed by atoms with E-state index in [1.807, 2.05) is 13.0 Å². The van der Waals surface area contributed by atoms with Crippen LogP contribution in [0.15, 0.2) is 42.5 Å². The summed E-state index contributed by atoms with van der Waals surface area (Å²) in [5.74, 6) is -1.13. The molecule has 1 atom stereocenters. The molecule has 0 saturated heterocycles. The van der Waals surface area contributed by atoms with Gasteiger partial charge in [0.25, 0.3) is 0 Å². The number of ether oxygens (including phenoxy) is 1. The lowest BCUT2D eigenvalue weighted by atomic mass is 9.84. The number of hydrogen-bond donors (Lipinski definition) is 0. The molecule has 0 fully saturated rings. The Hall–Kier alpha value is -1.90. The summed E-state index contributed by atoms with van der Waals surface area (Å²) in [6, 6.07) is 3.15. The highest BCUT2D eigenvalue weighted by atomic mass is 19.2. The average molecular weight is 332 g/mol. The first-order valence-corrected chi connectivity index (χ1v) is 8.73. The quantitative estimate of drug-likeness (QED) is 0.521. The summed E-state index contributed by atoms with van der Waals surface area (Å²) in [5.41, 5.74) is 1.27. The molecular weight excluding hydrogens is 306 g/mol. The number of rotatable bonds is 7. The highest BCUT2D eigenvalue weighted by Gasteiger charge is 2.20. The first kappa shape index (κ1) is 18.4. The second-order valence-electron chi connectivity index (χ2n) is 6.10. The Kier molecular flexibility index (Phi) is 7.23. The zero-order chi connectivity index (χ0) is 17.4. The van der Waals surface area contributed by atoms with Crippen molar-refractivity contribution in [3.63, 3.8) is 0 Å². The van der Waals surface area contributed by atoms with Gasteiger partial charge in [-0.05, 0) is 62.7 Å². The number of halogens is 2. The van der Waals surface area contributed by atoms with Gasteiger partial charge in [0.15, 0.2) is 11.6 Å². The molecule has 1 aromatic rings. The van der Waals surface area contributed by atoms with Crippen LogP contribution in [-0.4, -0.2) is 6.61 Å². The fraction of sp³-hybridized carbons (Fsp3) is 0.429. The maximum atomic E-state index is 14.4. The molecule has 2 rings (SSSR count). The fourth-order valence-corrected chi connectivity index (χ4v) is 2.93. The van der Waals surface area contributed by atoms with Gasteiger partial charge in [-0.25, -0.2) is 4.39 Å². The number of hydrogen-bond acceptors (Lipinski definition) is 1. The Bertz CT molecular complexity index is 629. The molecule has 130 valence electrons. The maximum Gasteiger partial charge on any atom is 0.201 e. The van der Waals surface area contributed by atoms with E-state index in [2.05, 4.69) is 25.2 Å². The van der Waals surface area contributed by atoms with Gasteiger partial charge in [0.05, 0.1) is 0 Å². The van der Waals surface area contributed by atoms with Crippen LogP contribution in [0.2, 0.25) is 0 Å². The van der Waals surface area contributed by atoms with Gasteiger partial charge in [0.2, 0.25) is 5.82 Å². The summed E-state index contributed by atoms with van der Waals surface area (Å²) in [4.78, 5) is 0. The van der Waals surface area contributed by atoms with Gasteiger partial charge >= 0.3 is 0 Å². The van der Waals surface area contributed by atoms with Crippen LogP contribution < -0.4 is 4.74 Å². The lowest BCUT2D eigenvalue weighted by Crippen LogP contribution is -2.07. The molecule has 0 N–H and O–H groups in total. The zero-order valence-corrected chi connectivity index (χ0v) is 14.5. The van der Waals surface area contributed by atoms with Crippen LogP contribution in [0.3, 0.4) is 0 Å². The highest BCUT2D eigenvalue weighted by molar-refractivity contribution is 5.67. The van der Waals surface area contributed by atoms with E-state index >= 15 is 0 Å². The van der Waals surface area contributed by atoms with E-state index in [-0.39, 0.29) is 12.4 Å². The monoisotopic (exact) mass is 332 g/mol. The van der Waals surface area contributed by atoms with Crippen molar-refractivity contribution in [2.24, 2.45) is 5.92 Å². The van der Waals surface area contributed by atoms with Crippen LogP contribution in [0, 0.1) is 17.6 Å². The highest BCUT2D eigenvalue weighted by Crippen LogP contribution is 2.35. The van der Waals surface area contributed by atoms with Crippen molar-refractivity contribution in [1.82, 2.24) is 0 Å². The smallest absolute Gasteiger partial charge is 0.201 e. The molecule has 24 heavy (non-hydrogen) atoms. The molecule has 3 heteroatoms. The third kappa shape index (κ3) is 4.80. The molecule has 1 nitrogen and oxygen atoms in total. The summed E-state index contributed by atoms with van der Waals surface area (Å²) >= 11 is 0. The molecule has 1 aliphatic rings. The molecule has 1 aliphatic carbocycles. The summed E-state index contributed by atoms with van der Waals surface area (Å²) in [6.07, 6.45) is 14.9. The predicted molar refractivity (Wildman–Crippen MR) is 96.0 cm³/mol. The van der Waals surface area contributed by atoms with Gasteiger partial charge < -0.3 is 4.74 Å². The summed E-state index contributed by atoms with van der Waals surface area (Å²) < 4.78 is 33.8. The Morgan fingerprint density at radius 3 is 2.67 bits per heavy atom. The zero-order valence-electron chi connectivity index (χ0n) is 14.5. The Morgan fingerprint density at radius 1 is 1.17 bits per heavy atom. The van der Waals surface area contributed by atoms with Crippen LogP contribution in [0.1, 0.15) is 51.5 Å². The van der Waals surface area contributed by atoms with Gasteiger partial charge in [0.1, 0.15) is 6.61 Å². The number of allylic oxidation sites excluding steroid dienone is 5. The van der Waals surface area contributed by atoms with Crippen molar-refractivity contribution in [3.8, 4) is 5.75 Å². The molecule has 0 saturated carbocycles. The van der Waals surface area contributed by atoms with Crippen LogP contribution in [0.25, 0.3) is 5.57 Å². The van der Waals surface area contributed by atoms with E-state index in [0.717, 1.165) is 37.7 Å². The van der Waals surface area contributed by atoms with Crippen LogP contribution in [0.4, 0.5) is 8.78 Å². The first-order chi connectivity index (χ1) is 11.7. The molecule has 1 aromatic carbocycles. The van der Waals surface area contributed by atoms with Crippen molar-refractivity contribution in [1.29, 1.82) is 0 Å². The molecule has 0 spiro atoms. The van der Waals surface area contributed by atoms with Gasteiger partial charge in [0, 0.05) is 5.56 Å². The van der Waals surface area contributed by atoms with E-state index in [1.165, 1.54) is 6.07 Å². The molecule has 0 amide bonds. The number of benzene rings is 1. The molecule has 0 radical (unpaired) electrons. The van der Waals surface area contributed by atoms with E-state index in [0.29, 0.717) is 11.5 Å². The largest absolute Gasteiger partial charge is 0.486 e. The van der Waals surface area contributed by atoms with Gasteiger partial charge in [-0.2, -0.15) is 4.39 Å². The van der Waals surface area contributed by atoms with E-state index < -0.39 is 11.6 Å². The predicted octanol–water partition coefficient (Wildman–Crippen LogP) is 6.46. The minimum Gasteiger partial charge on any atom is -0.486 e. The van der Waals surface area contributed by atoms with Gasteiger partial charge in [-0.15, -0.1) is 0 Å². The Balaban J connectivity index is 2.07. The van der Waals surface area contributed by atoms with Gasteiger partial charge in [-0.3, -0.25) is 0 Å². The SMILES string of the molecule is CC=CCOc1ccc(C2=CCC(CC=CCC)CC2)c(F)c1F. The van der Waals surface area contributed by atoms with Gasteiger partial charge in [-0.1, -0.05) is 37.3 Å². The molecule has 0 aliphatic heterocycles. The normalized spacial score (nSPS) is 18.3. The van der Waals surface area contributed by atoms with Crippen LogP contribution >= 0.6 is 0 Å². The van der Waals surface area contributed by atoms with Crippen molar-refractivity contribution in [3.05, 3.63) is 59.7 Å². The fourth-order valence-electron chi connectivity index (χ4n) is 2.93. The van der Waals surface area contributed by atoms with E-state index in [1.54, 1.807) is 12.1 Å². The molecule has 0 aromatic heterocycles. The lowest BCUT2D eigenvalue weighted by Gasteiger charge is -2.21. The van der Waals surface area contributed by atoms with Crippen molar-refractivity contribution >= 4 is 5.57 Å². The third-order valence-electron chi connectivity index (χ3n) is 4.35.